The van der Waals surface area contributed by atoms with E-state index in [1.165, 1.54) is 6.07 Å². The van der Waals surface area contributed by atoms with Gasteiger partial charge in [0.05, 0.1) is 17.4 Å². The van der Waals surface area contributed by atoms with Crippen LogP contribution in [0.4, 0.5) is 5.69 Å². The summed E-state index contributed by atoms with van der Waals surface area (Å²) < 4.78 is 5.19. The molecule has 0 aliphatic rings. The molecule has 2 rings (SSSR count). The van der Waals surface area contributed by atoms with Gasteiger partial charge in [0, 0.05) is 10.6 Å². The summed E-state index contributed by atoms with van der Waals surface area (Å²) in [5.41, 5.74) is 8.42. The Balaban J connectivity index is 2.51. The van der Waals surface area contributed by atoms with Crippen LogP contribution in [-0.2, 0) is 4.74 Å². The van der Waals surface area contributed by atoms with E-state index in [1.54, 1.807) is 19.9 Å². The highest BCUT2D eigenvalue weighted by Gasteiger charge is 2.17. The van der Waals surface area contributed by atoms with Crippen LogP contribution in [0.2, 0.25) is 5.02 Å². The Bertz CT molecular complexity index is 624. The van der Waals surface area contributed by atoms with Gasteiger partial charge < -0.3 is 10.5 Å². The van der Waals surface area contributed by atoms with Crippen LogP contribution in [0.25, 0.3) is 11.1 Å². The van der Waals surface area contributed by atoms with Gasteiger partial charge in [0.15, 0.2) is 0 Å². The van der Waals surface area contributed by atoms with E-state index in [2.05, 4.69) is 0 Å². The molecule has 104 valence electrons. The summed E-state index contributed by atoms with van der Waals surface area (Å²) in [5.74, 6) is -0.461. The lowest BCUT2D eigenvalue weighted by molar-refractivity contribution is 0.0379. The Morgan fingerprint density at radius 1 is 1.20 bits per heavy atom. The molecule has 0 aliphatic carbocycles. The van der Waals surface area contributed by atoms with Gasteiger partial charge >= 0.3 is 5.97 Å². The van der Waals surface area contributed by atoms with E-state index in [1.807, 2.05) is 30.3 Å². The molecular weight excluding hydrogens is 274 g/mol. The van der Waals surface area contributed by atoms with Crippen molar-refractivity contribution in [2.24, 2.45) is 0 Å². The van der Waals surface area contributed by atoms with Crippen LogP contribution in [0.15, 0.2) is 42.5 Å². The maximum atomic E-state index is 12.1. The normalized spacial score (nSPS) is 10.6. The van der Waals surface area contributed by atoms with Crippen LogP contribution in [0, 0.1) is 0 Å². The van der Waals surface area contributed by atoms with Crippen molar-refractivity contribution in [2.45, 2.75) is 20.0 Å². The van der Waals surface area contributed by atoms with Gasteiger partial charge in [0.25, 0.3) is 0 Å². The third-order valence-corrected chi connectivity index (χ3v) is 3.01. The van der Waals surface area contributed by atoms with Crippen molar-refractivity contribution in [2.75, 3.05) is 5.73 Å². The lowest BCUT2D eigenvalue weighted by Gasteiger charge is -2.13. The van der Waals surface area contributed by atoms with E-state index in [0.29, 0.717) is 16.3 Å². The fourth-order valence-corrected chi connectivity index (χ4v) is 2.14. The molecular formula is C16H16ClNO2. The molecule has 0 bridgehead atoms. The molecule has 4 heteroatoms. The van der Waals surface area contributed by atoms with Crippen LogP contribution >= 0.6 is 11.6 Å². The fraction of sp³-hybridized carbons (Fsp3) is 0.188. The third-order valence-electron chi connectivity index (χ3n) is 2.79. The standard InChI is InChI=1S/C16H16ClNO2/c1-10(2)20-16(19)14-9-12(17)8-13(15(14)18)11-6-4-3-5-7-11/h3-10H,18H2,1-2H3. The smallest absolute Gasteiger partial charge is 0.340 e. The van der Waals surface area contributed by atoms with Crippen LogP contribution < -0.4 is 5.73 Å². The number of benzene rings is 2. The highest BCUT2D eigenvalue weighted by atomic mass is 35.5. The summed E-state index contributed by atoms with van der Waals surface area (Å²) in [7, 11) is 0. The zero-order valence-electron chi connectivity index (χ0n) is 11.4. The van der Waals surface area contributed by atoms with Crippen LogP contribution in [0.3, 0.4) is 0 Å². The maximum Gasteiger partial charge on any atom is 0.340 e. The number of nitrogens with two attached hydrogens (primary N) is 1. The fourth-order valence-electron chi connectivity index (χ4n) is 1.92. The summed E-state index contributed by atoms with van der Waals surface area (Å²) in [4.78, 5) is 12.1. The monoisotopic (exact) mass is 289 g/mol. The molecule has 0 aromatic heterocycles. The first-order valence-electron chi connectivity index (χ1n) is 6.34. The molecule has 0 saturated carbocycles. The lowest BCUT2D eigenvalue weighted by Crippen LogP contribution is -2.14. The zero-order chi connectivity index (χ0) is 14.7. The number of hydrogen-bond donors (Lipinski definition) is 1. The molecule has 0 amide bonds. The molecule has 2 aromatic carbocycles. The predicted molar refractivity (Wildman–Crippen MR) is 81.9 cm³/mol. The van der Waals surface area contributed by atoms with Gasteiger partial charge in [-0.2, -0.15) is 0 Å². The molecule has 20 heavy (non-hydrogen) atoms. The predicted octanol–water partition coefficient (Wildman–Crippen LogP) is 4.15. The highest BCUT2D eigenvalue weighted by molar-refractivity contribution is 6.31. The first kappa shape index (κ1) is 14.4. The van der Waals surface area contributed by atoms with E-state index in [-0.39, 0.29) is 6.10 Å². The second-order valence-corrected chi connectivity index (χ2v) is 5.17. The van der Waals surface area contributed by atoms with E-state index < -0.39 is 5.97 Å². The highest BCUT2D eigenvalue weighted by Crippen LogP contribution is 2.32. The number of hydrogen-bond acceptors (Lipinski definition) is 3. The number of anilines is 1. The Kier molecular flexibility index (Phi) is 4.30. The SMILES string of the molecule is CC(C)OC(=O)c1cc(Cl)cc(-c2ccccc2)c1N. The minimum atomic E-state index is -0.461. The van der Waals surface area contributed by atoms with Gasteiger partial charge in [-0.15, -0.1) is 0 Å². The van der Waals surface area contributed by atoms with Crippen LogP contribution in [-0.4, -0.2) is 12.1 Å². The van der Waals surface area contributed by atoms with Crippen molar-refractivity contribution >= 4 is 23.3 Å². The minimum absolute atomic E-state index is 0.207. The molecule has 0 atom stereocenters. The average molecular weight is 290 g/mol. The van der Waals surface area contributed by atoms with Gasteiger partial charge in [-0.1, -0.05) is 41.9 Å². The van der Waals surface area contributed by atoms with Gasteiger partial charge in [-0.05, 0) is 31.5 Å². The maximum absolute atomic E-state index is 12.1. The van der Waals surface area contributed by atoms with Crippen molar-refractivity contribution in [3.05, 3.63) is 53.1 Å². The van der Waals surface area contributed by atoms with Gasteiger partial charge in [-0.3, -0.25) is 0 Å². The van der Waals surface area contributed by atoms with Crippen molar-refractivity contribution in [3.8, 4) is 11.1 Å². The number of ether oxygens (including phenoxy) is 1. The summed E-state index contributed by atoms with van der Waals surface area (Å²) in [5, 5.41) is 0.453. The van der Waals surface area contributed by atoms with E-state index in [4.69, 9.17) is 22.1 Å². The molecule has 0 aliphatic heterocycles. The molecule has 3 nitrogen and oxygen atoms in total. The number of carbonyl (C=O) groups is 1. The summed E-state index contributed by atoms with van der Waals surface area (Å²) >= 11 is 6.09. The molecule has 0 saturated heterocycles. The first-order chi connectivity index (χ1) is 9.49. The van der Waals surface area contributed by atoms with Crippen molar-refractivity contribution in [3.63, 3.8) is 0 Å². The number of halogens is 1. The molecule has 0 radical (unpaired) electrons. The molecule has 0 fully saturated rings. The van der Waals surface area contributed by atoms with E-state index in [9.17, 15) is 4.79 Å². The quantitative estimate of drug-likeness (QED) is 0.682. The lowest BCUT2D eigenvalue weighted by atomic mass is 10.0. The topological polar surface area (TPSA) is 52.3 Å². The van der Waals surface area contributed by atoms with Crippen LogP contribution in [0.5, 0.6) is 0 Å². The third kappa shape index (κ3) is 3.11. The molecule has 0 spiro atoms. The van der Waals surface area contributed by atoms with Crippen molar-refractivity contribution in [1.29, 1.82) is 0 Å². The summed E-state index contributed by atoms with van der Waals surface area (Å²) in [6.45, 7) is 3.58. The van der Waals surface area contributed by atoms with Gasteiger partial charge in [0.1, 0.15) is 0 Å². The molecule has 2 aromatic rings. The number of nitrogen functional groups attached to an aromatic ring is 1. The second kappa shape index (κ2) is 5.97. The van der Waals surface area contributed by atoms with Gasteiger partial charge in [0.2, 0.25) is 0 Å². The molecule has 2 N–H and O–H groups in total. The Morgan fingerprint density at radius 2 is 1.85 bits per heavy atom. The molecule has 0 heterocycles. The molecule has 0 unspecified atom stereocenters. The Morgan fingerprint density at radius 3 is 2.45 bits per heavy atom. The van der Waals surface area contributed by atoms with Crippen molar-refractivity contribution in [1.82, 2.24) is 0 Å². The zero-order valence-corrected chi connectivity index (χ0v) is 12.1. The van der Waals surface area contributed by atoms with E-state index in [0.717, 1.165) is 11.1 Å². The number of rotatable bonds is 3. The summed E-state index contributed by atoms with van der Waals surface area (Å²) in [6.07, 6.45) is -0.207. The Hall–Kier alpha value is -2.00. The second-order valence-electron chi connectivity index (χ2n) is 4.73. The van der Waals surface area contributed by atoms with Crippen LogP contribution in [0.1, 0.15) is 24.2 Å². The van der Waals surface area contributed by atoms with Crippen molar-refractivity contribution < 1.29 is 9.53 Å². The minimum Gasteiger partial charge on any atom is -0.459 e. The van der Waals surface area contributed by atoms with Gasteiger partial charge in [-0.25, -0.2) is 4.79 Å². The number of carbonyl (C=O) groups excluding carboxylic acids is 1. The largest absolute Gasteiger partial charge is 0.459 e. The Labute approximate surface area is 123 Å². The first-order valence-corrected chi connectivity index (χ1v) is 6.72. The average Bonchev–Trinajstić information content (AvgIpc) is 2.41. The number of esters is 1. The summed E-state index contributed by atoms with van der Waals surface area (Å²) in [6, 6.07) is 12.8. The van der Waals surface area contributed by atoms with E-state index >= 15 is 0 Å².